The van der Waals surface area contributed by atoms with Crippen LogP contribution >= 0.6 is 22.7 Å². The summed E-state index contributed by atoms with van der Waals surface area (Å²) in [6, 6.07) is 12.7. The van der Waals surface area contributed by atoms with Gasteiger partial charge in [-0.1, -0.05) is 35.3 Å². The average molecular weight is 690 g/mol. The molecular weight excluding hydrogens is 656 g/mol. The van der Waals surface area contributed by atoms with Gasteiger partial charge in [0.2, 0.25) is 0 Å². The maximum atomic E-state index is 14.7. The largest absolute Gasteiger partial charge is 0.491 e. The van der Waals surface area contributed by atoms with Crippen LogP contribution in [0.4, 0.5) is 35.1 Å². The number of hydrogen-bond acceptors (Lipinski definition) is 10. The summed E-state index contributed by atoms with van der Waals surface area (Å²) in [5.41, 5.74) is 3.72. The second-order valence-electron chi connectivity index (χ2n) is 12.0. The number of nitrogens with one attached hydrogen (secondary N) is 1. The summed E-state index contributed by atoms with van der Waals surface area (Å²) in [7, 11) is 0. The van der Waals surface area contributed by atoms with Crippen LogP contribution in [0.3, 0.4) is 0 Å². The van der Waals surface area contributed by atoms with E-state index in [9.17, 15) is 13.2 Å². The van der Waals surface area contributed by atoms with Crippen LogP contribution in [-0.2, 0) is 12.8 Å². The lowest BCUT2D eigenvalue weighted by Crippen LogP contribution is -2.39. The fourth-order valence-electron chi connectivity index (χ4n) is 5.86. The van der Waals surface area contributed by atoms with Gasteiger partial charge in [0.15, 0.2) is 33.5 Å². The second kappa shape index (κ2) is 14.1. The molecule has 1 N–H and O–H groups in total. The van der Waals surface area contributed by atoms with E-state index in [4.69, 9.17) is 9.72 Å². The summed E-state index contributed by atoms with van der Waals surface area (Å²) < 4.78 is 48.2. The van der Waals surface area contributed by atoms with Crippen molar-refractivity contribution in [3.8, 4) is 17.6 Å². The van der Waals surface area contributed by atoms with E-state index in [0.717, 1.165) is 68.4 Å². The molecule has 7 rings (SSSR count). The van der Waals surface area contributed by atoms with E-state index < -0.39 is 11.7 Å². The molecule has 8 nitrogen and oxygen atoms in total. The normalized spacial score (nSPS) is 16.0. The predicted molar refractivity (Wildman–Crippen MR) is 185 cm³/mol. The molecule has 0 saturated carbocycles. The molecule has 0 bridgehead atoms. The molecule has 248 valence electrons. The third-order valence-electron chi connectivity index (χ3n) is 8.56. The predicted octanol–water partition coefficient (Wildman–Crippen LogP) is 7.91. The minimum Gasteiger partial charge on any atom is -0.491 e. The van der Waals surface area contributed by atoms with Crippen molar-refractivity contribution in [2.45, 2.75) is 51.4 Å². The van der Waals surface area contributed by atoms with E-state index in [0.29, 0.717) is 38.2 Å². The lowest BCUT2D eigenvalue weighted by Gasteiger charge is -2.30. The highest BCUT2D eigenvalue weighted by atomic mass is 32.1. The van der Waals surface area contributed by atoms with Gasteiger partial charge in [0.1, 0.15) is 0 Å². The number of likely N-dealkylation sites (tertiary alicyclic amines) is 1. The summed E-state index contributed by atoms with van der Waals surface area (Å²) >= 11 is 3.22. The van der Waals surface area contributed by atoms with E-state index in [-0.39, 0.29) is 18.6 Å². The van der Waals surface area contributed by atoms with Crippen molar-refractivity contribution in [1.29, 1.82) is 0 Å². The minimum absolute atomic E-state index is 0.145. The molecule has 1 fully saturated rings. The van der Waals surface area contributed by atoms with Crippen molar-refractivity contribution < 1.29 is 17.9 Å². The van der Waals surface area contributed by atoms with Gasteiger partial charge in [0.05, 0.1) is 23.4 Å². The molecule has 0 unspecified atom stereocenters. The zero-order valence-corrected chi connectivity index (χ0v) is 28.1. The first-order chi connectivity index (χ1) is 23.3. The number of nitrogens with zero attached hydrogens (tertiary/aromatic N) is 6. The highest BCUT2D eigenvalue weighted by Crippen LogP contribution is 2.38. The highest BCUT2D eigenvalue weighted by Gasteiger charge is 2.33. The molecule has 2 aliphatic rings. The SMILES string of the molecule is Cc1c(Nc2nc3ccccc3s2)nnc2c1CCCN2c1ncc(CCCOc2ccc(C#CCN3CCC(F)(F)CC3)cc2F)s1. The molecule has 48 heavy (non-hydrogen) atoms. The maximum absolute atomic E-state index is 14.7. The number of para-hydroxylation sites is 1. The van der Waals surface area contributed by atoms with Crippen LogP contribution in [0.5, 0.6) is 5.75 Å². The van der Waals surface area contributed by atoms with Crippen molar-refractivity contribution in [3.05, 3.63) is 76.0 Å². The highest BCUT2D eigenvalue weighted by molar-refractivity contribution is 7.22. The van der Waals surface area contributed by atoms with Crippen LogP contribution in [-0.4, -0.2) is 63.8 Å². The Kier molecular flexibility index (Phi) is 9.48. The number of anilines is 4. The topological polar surface area (TPSA) is 79.3 Å². The number of benzene rings is 2. The summed E-state index contributed by atoms with van der Waals surface area (Å²) in [5.74, 6) is 4.59. The molecule has 5 aromatic rings. The van der Waals surface area contributed by atoms with Gasteiger partial charge >= 0.3 is 0 Å². The molecule has 0 aliphatic carbocycles. The number of hydrogen-bond donors (Lipinski definition) is 1. The summed E-state index contributed by atoms with van der Waals surface area (Å²) in [5, 5.41) is 14.2. The molecular formula is C35H34F3N7OS2. The van der Waals surface area contributed by atoms with Gasteiger partial charge in [-0.3, -0.25) is 4.90 Å². The fraction of sp³-hybridized carbons (Fsp3) is 0.371. The Balaban J connectivity index is 0.913. The van der Waals surface area contributed by atoms with Gasteiger partial charge in [-0.15, -0.1) is 21.5 Å². The summed E-state index contributed by atoms with van der Waals surface area (Å²) in [6.45, 7) is 4.27. The first-order valence-corrected chi connectivity index (χ1v) is 17.7. The number of fused-ring (bicyclic) bond motifs is 2. The minimum atomic E-state index is -2.58. The molecule has 2 aliphatic heterocycles. The number of halogens is 3. The summed E-state index contributed by atoms with van der Waals surface area (Å²) in [6.07, 6.45) is 4.96. The van der Waals surface area contributed by atoms with Crippen molar-refractivity contribution in [2.24, 2.45) is 0 Å². The molecule has 2 aromatic carbocycles. The first-order valence-electron chi connectivity index (χ1n) is 16.0. The third kappa shape index (κ3) is 7.41. The monoisotopic (exact) mass is 689 g/mol. The van der Waals surface area contributed by atoms with Crippen LogP contribution in [0.1, 0.15) is 47.3 Å². The molecule has 0 spiro atoms. The number of alkyl halides is 2. The lowest BCUT2D eigenvalue weighted by molar-refractivity contribution is -0.0527. The zero-order chi connectivity index (χ0) is 33.1. The van der Waals surface area contributed by atoms with E-state index in [1.165, 1.54) is 11.6 Å². The van der Waals surface area contributed by atoms with Gasteiger partial charge in [-0.2, -0.15) is 0 Å². The average Bonchev–Trinajstić information content (AvgIpc) is 3.73. The Morgan fingerprint density at radius 2 is 1.92 bits per heavy atom. The second-order valence-corrected chi connectivity index (χ2v) is 14.1. The number of rotatable bonds is 9. The maximum Gasteiger partial charge on any atom is 0.250 e. The quantitative estimate of drug-likeness (QED) is 0.124. The molecule has 0 radical (unpaired) electrons. The molecule has 0 atom stereocenters. The van der Waals surface area contributed by atoms with Crippen LogP contribution in [0.25, 0.3) is 10.2 Å². The fourth-order valence-corrected chi connectivity index (χ4v) is 7.71. The van der Waals surface area contributed by atoms with Gasteiger partial charge in [0, 0.05) is 60.2 Å². The summed E-state index contributed by atoms with van der Waals surface area (Å²) in [4.78, 5) is 14.5. The first kappa shape index (κ1) is 32.3. The standard InChI is InChI=1S/C35H34F3N7OS2/c1-23-26-9-5-17-45(32(26)43-42-31(23)41-33-40-28-10-2-3-11-30(28)48-33)34-39-22-25(47-34)8-6-20-46-29-13-12-24(21-27(29)36)7-4-16-44-18-14-35(37,38)15-19-44/h2-3,10-13,21-22H,5-6,8-9,14-20H2,1H3,(H,40,41,42). The van der Waals surface area contributed by atoms with Gasteiger partial charge in [-0.25, -0.2) is 23.1 Å². The Morgan fingerprint density at radius 3 is 2.75 bits per heavy atom. The van der Waals surface area contributed by atoms with Gasteiger partial charge in [0.25, 0.3) is 5.92 Å². The number of thiazole rings is 2. The van der Waals surface area contributed by atoms with Crippen molar-refractivity contribution in [3.63, 3.8) is 0 Å². The van der Waals surface area contributed by atoms with E-state index in [1.54, 1.807) is 34.8 Å². The van der Waals surface area contributed by atoms with Crippen molar-refractivity contribution in [1.82, 2.24) is 25.1 Å². The lowest BCUT2D eigenvalue weighted by atomic mass is 10.0. The Morgan fingerprint density at radius 1 is 1.06 bits per heavy atom. The van der Waals surface area contributed by atoms with E-state index in [1.807, 2.05) is 29.3 Å². The number of piperidine rings is 1. The Bertz CT molecular complexity index is 1940. The number of aromatic nitrogens is 4. The van der Waals surface area contributed by atoms with E-state index >= 15 is 0 Å². The van der Waals surface area contributed by atoms with Crippen molar-refractivity contribution in [2.75, 3.05) is 43.0 Å². The van der Waals surface area contributed by atoms with Gasteiger partial charge in [-0.05, 0) is 62.9 Å². The molecule has 5 heterocycles. The van der Waals surface area contributed by atoms with Crippen molar-refractivity contribution >= 4 is 54.8 Å². The Labute approximate surface area is 285 Å². The molecule has 13 heteroatoms. The van der Waals surface area contributed by atoms with Crippen LogP contribution in [0, 0.1) is 24.6 Å². The Hall–Kier alpha value is -4.25. The number of ether oxygens (including phenoxy) is 1. The van der Waals surface area contributed by atoms with E-state index in [2.05, 4.69) is 50.2 Å². The van der Waals surface area contributed by atoms with Crippen LogP contribution < -0.4 is 15.0 Å². The third-order valence-corrected chi connectivity index (χ3v) is 10.6. The molecule has 0 amide bonds. The number of aryl methyl sites for hydroxylation is 1. The van der Waals surface area contributed by atoms with Crippen LogP contribution in [0.2, 0.25) is 0 Å². The van der Waals surface area contributed by atoms with Crippen LogP contribution in [0.15, 0.2) is 48.7 Å². The van der Waals surface area contributed by atoms with Gasteiger partial charge < -0.3 is 15.0 Å². The zero-order valence-electron chi connectivity index (χ0n) is 26.4. The smallest absolute Gasteiger partial charge is 0.250 e. The molecule has 3 aromatic heterocycles. The molecule has 1 saturated heterocycles.